The van der Waals surface area contributed by atoms with Crippen LogP contribution in [0, 0.1) is 0 Å². The molecule has 0 unspecified atom stereocenters. The van der Waals surface area contributed by atoms with Crippen LogP contribution < -0.4 is 10.2 Å². The Labute approximate surface area is 150 Å². The van der Waals surface area contributed by atoms with Crippen LogP contribution in [0.15, 0.2) is 72.0 Å². The molecule has 2 heteroatoms. The van der Waals surface area contributed by atoms with Gasteiger partial charge in [0.25, 0.3) is 0 Å². The molecule has 0 atom stereocenters. The van der Waals surface area contributed by atoms with Gasteiger partial charge in [0.1, 0.15) is 5.69 Å². The van der Waals surface area contributed by atoms with Gasteiger partial charge in [-0.3, -0.25) is 0 Å². The van der Waals surface area contributed by atoms with E-state index in [1.54, 1.807) is 0 Å². The van der Waals surface area contributed by atoms with Crippen molar-refractivity contribution in [3.63, 3.8) is 0 Å². The highest BCUT2D eigenvalue weighted by Crippen LogP contribution is 2.30. The van der Waals surface area contributed by atoms with Crippen molar-refractivity contribution in [1.82, 2.24) is 0 Å². The Morgan fingerprint density at radius 1 is 0.880 bits per heavy atom. The van der Waals surface area contributed by atoms with Crippen molar-refractivity contribution in [2.75, 3.05) is 18.0 Å². The van der Waals surface area contributed by atoms with Crippen molar-refractivity contribution in [3.8, 4) is 0 Å². The zero-order chi connectivity index (χ0) is 17.1. The van der Waals surface area contributed by atoms with Crippen molar-refractivity contribution in [3.05, 3.63) is 83.1 Å². The summed E-state index contributed by atoms with van der Waals surface area (Å²) in [7, 11) is 0. The van der Waals surface area contributed by atoms with Crippen molar-refractivity contribution in [2.24, 2.45) is 0 Å². The first-order valence-electron chi connectivity index (χ1n) is 9.43. The average molecular weight is 331 g/mol. The van der Waals surface area contributed by atoms with Crippen LogP contribution in [0.5, 0.6) is 0 Å². The lowest BCUT2D eigenvalue weighted by Gasteiger charge is -2.14. The molecular formula is C23H27N2+. The predicted molar refractivity (Wildman–Crippen MR) is 105 cm³/mol. The van der Waals surface area contributed by atoms with Crippen molar-refractivity contribution in [2.45, 2.75) is 32.6 Å². The minimum Gasteiger partial charge on any atom is -0.347 e. The van der Waals surface area contributed by atoms with Crippen LogP contribution in [0.25, 0.3) is 0 Å². The van der Waals surface area contributed by atoms with E-state index in [0.717, 1.165) is 6.54 Å². The van der Waals surface area contributed by atoms with E-state index in [2.05, 4.69) is 77.9 Å². The summed E-state index contributed by atoms with van der Waals surface area (Å²) in [5, 5.41) is 2.30. The summed E-state index contributed by atoms with van der Waals surface area (Å²) in [5.41, 5.74) is 8.83. The summed E-state index contributed by atoms with van der Waals surface area (Å²) in [6.45, 7) is 4.59. The Bertz CT molecular complexity index is 793. The van der Waals surface area contributed by atoms with Crippen LogP contribution in [-0.4, -0.2) is 13.1 Å². The maximum absolute atomic E-state index is 2.40. The number of allylic oxidation sites excluding steroid dienone is 3. The highest BCUT2D eigenvalue weighted by atomic mass is 15.1. The van der Waals surface area contributed by atoms with Crippen LogP contribution in [0.4, 0.5) is 11.4 Å². The topological polar surface area (TPSA) is 19.9 Å². The molecular weight excluding hydrogens is 304 g/mol. The Hall–Kier alpha value is -2.32. The van der Waals surface area contributed by atoms with E-state index < -0.39 is 0 Å². The molecule has 2 aromatic rings. The second-order valence-electron chi connectivity index (χ2n) is 7.21. The minimum atomic E-state index is 1.13. The molecule has 2 nitrogen and oxygen atoms in total. The molecule has 0 spiro atoms. The van der Waals surface area contributed by atoms with Crippen LogP contribution in [0.2, 0.25) is 0 Å². The van der Waals surface area contributed by atoms with Gasteiger partial charge in [-0.05, 0) is 49.5 Å². The molecule has 0 saturated carbocycles. The SMILES string of the molecule is CC1=C/C(=C/N2CCc3ccccc32)CC1.c1ccc2c(c1)CC[NH2+]2. The van der Waals surface area contributed by atoms with Crippen LogP contribution in [-0.2, 0) is 12.8 Å². The summed E-state index contributed by atoms with van der Waals surface area (Å²) >= 11 is 0. The minimum absolute atomic E-state index is 1.13. The van der Waals surface area contributed by atoms with Crippen LogP contribution >= 0.6 is 0 Å². The Balaban J connectivity index is 0.000000147. The smallest absolute Gasteiger partial charge is 0.133 e. The number of rotatable bonds is 1. The first-order chi connectivity index (χ1) is 12.3. The molecule has 25 heavy (non-hydrogen) atoms. The fraction of sp³-hybridized carbons (Fsp3) is 0.304. The largest absolute Gasteiger partial charge is 0.347 e. The number of benzene rings is 2. The lowest BCUT2D eigenvalue weighted by molar-refractivity contribution is -0.561. The van der Waals surface area contributed by atoms with Gasteiger partial charge >= 0.3 is 0 Å². The fourth-order valence-corrected chi connectivity index (χ4v) is 3.95. The molecule has 2 heterocycles. The number of quaternary nitrogens is 1. The third-order valence-corrected chi connectivity index (χ3v) is 5.32. The molecule has 5 rings (SSSR count). The zero-order valence-corrected chi connectivity index (χ0v) is 15.0. The second kappa shape index (κ2) is 7.28. The Morgan fingerprint density at radius 3 is 2.48 bits per heavy atom. The first kappa shape index (κ1) is 16.2. The normalized spacial score (nSPS) is 19.3. The molecule has 0 amide bonds. The molecule has 0 bridgehead atoms. The predicted octanol–water partition coefficient (Wildman–Crippen LogP) is 4.11. The van der Waals surface area contributed by atoms with Gasteiger partial charge < -0.3 is 10.2 Å². The van der Waals surface area contributed by atoms with E-state index >= 15 is 0 Å². The number of nitrogens with two attached hydrogens (primary N) is 1. The average Bonchev–Trinajstić information content (AvgIpc) is 3.36. The van der Waals surface area contributed by atoms with E-state index in [1.165, 1.54) is 65.9 Å². The third-order valence-electron chi connectivity index (χ3n) is 5.32. The van der Waals surface area contributed by atoms with Gasteiger partial charge in [-0.25, -0.2) is 0 Å². The Kier molecular flexibility index (Phi) is 4.71. The lowest BCUT2D eigenvalue weighted by Crippen LogP contribution is -2.75. The van der Waals surface area contributed by atoms with Gasteiger partial charge in [-0.2, -0.15) is 0 Å². The van der Waals surface area contributed by atoms with Crippen molar-refractivity contribution in [1.29, 1.82) is 0 Å². The summed E-state index contributed by atoms with van der Waals surface area (Å²) in [5.74, 6) is 0. The fourth-order valence-electron chi connectivity index (χ4n) is 3.95. The summed E-state index contributed by atoms with van der Waals surface area (Å²) in [6.07, 6.45) is 9.55. The van der Waals surface area contributed by atoms with Crippen LogP contribution in [0.3, 0.4) is 0 Å². The summed E-state index contributed by atoms with van der Waals surface area (Å²) in [4.78, 5) is 2.40. The number of hydrogen-bond acceptors (Lipinski definition) is 1. The molecule has 0 aromatic heterocycles. The highest BCUT2D eigenvalue weighted by molar-refractivity contribution is 5.60. The number of fused-ring (bicyclic) bond motifs is 2. The molecule has 128 valence electrons. The summed E-state index contributed by atoms with van der Waals surface area (Å²) in [6, 6.07) is 17.3. The maximum atomic E-state index is 2.40. The molecule has 2 aliphatic heterocycles. The number of nitrogens with zero attached hydrogens (tertiary/aromatic N) is 1. The Morgan fingerprint density at radius 2 is 1.68 bits per heavy atom. The molecule has 3 aliphatic rings. The van der Waals surface area contributed by atoms with Gasteiger partial charge in [-0.1, -0.05) is 48.0 Å². The van der Waals surface area contributed by atoms with Gasteiger partial charge in [0, 0.05) is 30.4 Å². The second-order valence-corrected chi connectivity index (χ2v) is 7.21. The molecule has 2 aromatic carbocycles. The van der Waals surface area contributed by atoms with E-state index in [1.807, 2.05) is 0 Å². The molecule has 0 radical (unpaired) electrons. The van der Waals surface area contributed by atoms with Crippen molar-refractivity contribution < 1.29 is 5.32 Å². The number of hydrogen-bond donors (Lipinski definition) is 1. The van der Waals surface area contributed by atoms with Crippen molar-refractivity contribution >= 4 is 11.4 Å². The molecule has 1 aliphatic carbocycles. The molecule has 0 saturated heterocycles. The number of para-hydroxylation sites is 2. The van der Waals surface area contributed by atoms with Gasteiger partial charge in [0.15, 0.2) is 0 Å². The zero-order valence-electron chi connectivity index (χ0n) is 15.0. The van der Waals surface area contributed by atoms with Gasteiger partial charge in [0.05, 0.1) is 6.54 Å². The van der Waals surface area contributed by atoms with E-state index in [9.17, 15) is 0 Å². The lowest BCUT2D eigenvalue weighted by atomic mass is 10.2. The maximum Gasteiger partial charge on any atom is 0.133 e. The molecule has 2 N–H and O–H groups in total. The van der Waals surface area contributed by atoms with E-state index in [-0.39, 0.29) is 0 Å². The number of anilines is 1. The van der Waals surface area contributed by atoms with Gasteiger partial charge in [-0.15, -0.1) is 0 Å². The standard InChI is InChI=1S/C15H17N.C8H9N/c1-12-6-7-13(10-12)11-16-9-8-14-4-2-3-5-15(14)16;1-2-4-8-7(3-1)5-6-9-8/h2-5,10-11H,6-9H2,1H3;1-4,9H,5-6H2/p+1/b13-11+;. The quantitative estimate of drug-likeness (QED) is 0.780. The van der Waals surface area contributed by atoms with Crippen LogP contribution in [0.1, 0.15) is 30.9 Å². The van der Waals surface area contributed by atoms with E-state index in [0.29, 0.717) is 0 Å². The third kappa shape index (κ3) is 3.69. The van der Waals surface area contributed by atoms with Gasteiger partial charge in [0.2, 0.25) is 0 Å². The first-order valence-corrected chi connectivity index (χ1v) is 9.43. The summed E-state index contributed by atoms with van der Waals surface area (Å²) < 4.78 is 0. The van der Waals surface area contributed by atoms with E-state index in [4.69, 9.17) is 0 Å². The molecule has 0 fully saturated rings. The monoisotopic (exact) mass is 331 g/mol. The highest BCUT2D eigenvalue weighted by Gasteiger charge is 2.17.